The summed E-state index contributed by atoms with van der Waals surface area (Å²) in [5, 5.41) is 10.0. The van der Waals surface area contributed by atoms with Crippen LogP contribution in [-0.2, 0) is 10.2 Å². The summed E-state index contributed by atoms with van der Waals surface area (Å²) in [6, 6.07) is 5.81. The van der Waals surface area contributed by atoms with Crippen molar-refractivity contribution in [2.75, 3.05) is 19.7 Å². The van der Waals surface area contributed by atoms with Gasteiger partial charge in [0, 0.05) is 23.9 Å². The van der Waals surface area contributed by atoms with Gasteiger partial charge in [0.25, 0.3) is 0 Å². The number of hydrogen-bond acceptors (Lipinski definition) is 4. The minimum Gasteiger partial charge on any atom is -0.444 e. The molecule has 150 valence electrons. The first kappa shape index (κ1) is 19.8. The number of nitrogens with zero attached hydrogens (tertiary/aromatic N) is 1. The second kappa shape index (κ2) is 6.29. The third-order valence-corrected chi connectivity index (χ3v) is 5.43. The number of rotatable bonds is 3. The van der Waals surface area contributed by atoms with Crippen LogP contribution in [0.2, 0.25) is 0 Å². The highest BCUT2D eigenvalue weighted by Gasteiger charge is 2.70. The highest BCUT2D eigenvalue weighted by Crippen LogP contribution is 2.68. The number of ether oxygens (including phenoxy) is 2. The Hall–Kier alpha value is -1.96. The molecule has 0 aromatic heterocycles. The van der Waals surface area contributed by atoms with E-state index in [-0.39, 0.29) is 17.8 Å². The quantitative estimate of drug-likeness (QED) is 0.856. The first-order chi connectivity index (χ1) is 12.4. The molecule has 3 rings (SSSR count). The van der Waals surface area contributed by atoms with Gasteiger partial charge < -0.3 is 19.5 Å². The number of aliphatic hydroxyl groups is 1. The summed E-state index contributed by atoms with van der Waals surface area (Å²) in [6.07, 6.45) is -3.85. The van der Waals surface area contributed by atoms with Gasteiger partial charge in [0.15, 0.2) is 0 Å². The van der Waals surface area contributed by atoms with Crippen LogP contribution in [0.25, 0.3) is 0 Å². The van der Waals surface area contributed by atoms with E-state index in [1.54, 1.807) is 37.8 Å². The van der Waals surface area contributed by atoms with Crippen LogP contribution in [0.15, 0.2) is 24.3 Å². The molecular weight excluding hydrogens is 363 g/mol. The zero-order valence-electron chi connectivity index (χ0n) is 15.6. The lowest BCUT2D eigenvalue weighted by molar-refractivity contribution is -0.274. The van der Waals surface area contributed by atoms with E-state index in [2.05, 4.69) is 4.74 Å². The molecule has 0 unspecified atom stereocenters. The van der Waals surface area contributed by atoms with Crippen molar-refractivity contribution in [2.24, 2.45) is 5.41 Å². The molecule has 2 atom stereocenters. The summed E-state index contributed by atoms with van der Waals surface area (Å²) < 4.78 is 46.3. The second-order valence-electron chi connectivity index (χ2n) is 8.42. The lowest BCUT2D eigenvalue weighted by Gasteiger charge is -2.38. The first-order valence-corrected chi connectivity index (χ1v) is 8.85. The Kier molecular flexibility index (Phi) is 4.61. The van der Waals surface area contributed by atoms with Gasteiger partial charge in [-0.3, -0.25) is 0 Å². The molecule has 1 aromatic carbocycles. The number of aliphatic hydroxyl groups excluding tert-OH is 1. The van der Waals surface area contributed by atoms with Crippen LogP contribution in [-0.4, -0.2) is 47.8 Å². The van der Waals surface area contributed by atoms with E-state index in [9.17, 15) is 23.1 Å². The van der Waals surface area contributed by atoms with Crippen molar-refractivity contribution in [1.29, 1.82) is 0 Å². The summed E-state index contributed by atoms with van der Waals surface area (Å²) in [5.41, 5.74) is -0.573. The third-order valence-electron chi connectivity index (χ3n) is 5.43. The Morgan fingerprint density at radius 3 is 2.37 bits per heavy atom. The topological polar surface area (TPSA) is 59.0 Å². The zero-order chi connectivity index (χ0) is 20.1. The number of carbonyl (C=O) groups is 1. The molecule has 0 spiro atoms. The number of halogens is 3. The maximum atomic E-state index is 12.4. The Labute approximate surface area is 156 Å². The Bertz CT molecular complexity index is 713. The van der Waals surface area contributed by atoms with Crippen LogP contribution in [0.5, 0.6) is 5.75 Å². The SMILES string of the molecule is CC(C)(C)OC(=O)N1CC[C@]2(c3ccc(OC(F)(F)F)cc3)C[C@]2(CO)C1. The highest BCUT2D eigenvalue weighted by atomic mass is 19.4. The number of hydrogen-bond donors (Lipinski definition) is 1. The Balaban J connectivity index is 1.74. The number of amides is 1. The van der Waals surface area contributed by atoms with Gasteiger partial charge >= 0.3 is 12.5 Å². The van der Waals surface area contributed by atoms with Crippen molar-refractivity contribution in [3.05, 3.63) is 29.8 Å². The molecule has 1 heterocycles. The van der Waals surface area contributed by atoms with Crippen LogP contribution in [0, 0.1) is 5.41 Å². The van der Waals surface area contributed by atoms with E-state index in [1.807, 2.05) is 0 Å². The molecule has 1 aliphatic heterocycles. The molecule has 1 saturated heterocycles. The standard InChI is InChI=1S/C19H24F3NO4/c1-16(2,3)27-15(25)23-9-8-18(10-17(18,11-23)12-24)13-4-6-14(7-5-13)26-19(20,21)22/h4-7,24H,8-12H2,1-3H3/t17-,18-/m1/s1. The monoisotopic (exact) mass is 387 g/mol. The maximum Gasteiger partial charge on any atom is 0.573 e. The van der Waals surface area contributed by atoms with Crippen LogP contribution in [0.3, 0.4) is 0 Å². The average molecular weight is 387 g/mol. The van der Waals surface area contributed by atoms with Gasteiger partial charge in [-0.05, 0) is 51.3 Å². The van der Waals surface area contributed by atoms with Crippen LogP contribution < -0.4 is 4.74 Å². The minimum absolute atomic E-state index is 0.104. The van der Waals surface area contributed by atoms with Crippen LogP contribution >= 0.6 is 0 Å². The number of alkyl halides is 3. The Morgan fingerprint density at radius 2 is 1.85 bits per heavy atom. The average Bonchev–Trinajstić information content (AvgIpc) is 3.22. The normalized spacial score (nSPS) is 27.7. The van der Waals surface area contributed by atoms with E-state index in [0.29, 0.717) is 25.9 Å². The lowest BCUT2D eigenvalue weighted by atomic mass is 9.80. The molecule has 1 saturated carbocycles. The molecular formula is C19H24F3NO4. The van der Waals surface area contributed by atoms with Crippen molar-refractivity contribution in [1.82, 2.24) is 4.90 Å². The largest absolute Gasteiger partial charge is 0.573 e. The molecule has 1 N–H and O–H groups in total. The van der Waals surface area contributed by atoms with E-state index in [4.69, 9.17) is 4.74 Å². The predicted octanol–water partition coefficient (Wildman–Crippen LogP) is 3.85. The number of fused-ring (bicyclic) bond motifs is 1. The van der Waals surface area contributed by atoms with Crippen LogP contribution in [0.1, 0.15) is 39.2 Å². The van der Waals surface area contributed by atoms with Gasteiger partial charge in [0.05, 0.1) is 6.61 Å². The second-order valence-corrected chi connectivity index (χ2v) is 8.42. The fraction of sp³-hybridized carbons (Fsp3) is 0.632. The van der Waals surface area contributed by atoms with Crippen molar-refractivity contribution >= 4 is 6.09 Å². The molecule has 2 aliphatic rings. The zero-order valence-corrected chi connectivity index (χ0v) is 15.6. The summed E-state index contributed by atoms with van der Waals surface area (Å²) in [5.74, 6) is -0.274. The third kappa shape index (κ3) is 3.85. The van der Waals surface area contributed by atoms with Gasteiger partial charge in [-0.1, -0.05) is 12.1 Å². The fourth-order valence-electron chi connectivity index (χ4n) is 4.13. The van der Waals surface area contributed by atoms with Gasteiger partial charge in [0.2, 0.25) is 0 Å². The van der Waals surface area contributed by atoms with E-state index < -0.39 is 23.5 Å². The number of carbonyl (C=O) groups excluding carboxylic acids is 1. The van der Waals surface area contributed by atoms with Crippen LogP contribution in [0.4, 0.5) is 18.0 Å². The van der Waals surface area contributed by atoms with Gasteiger partial charge in [-0.15, -0.1) is 13.2 Å². The van der Waals surface area contributed by atoms with E-state index in [1.165, 1.54) is 12.1 Å². The summed E-state index contributed by atoms with van der Waals surface area (Å²) in [7, 11) is 0. The molecule has 1 aliphatic carbocycles. The van der Waals surface area contributed by atoms with Crippen molar-refractivity contribution < 1.29 is 32.5 Å². The molecule has 27 heavy (non-hydrogen) atoms. The molecule has 1 amide bonds. The van der Waals surface area contributed by atoms with Gasteiger partial charge in [-0.25, -0.2) is 4.79 Å². The molecule has 1 aromatic rings. The number of likely N-dealkylation sites (tertiary alicyclic amines) is 1. The summed E-state index contributed by atoms with van der Waals surface area (Å²) in [6.45, 7) is 6.11. The lowest BCUT2D eigenvalue weighted by Crippen LogP contribution is -2.48. The van der Waals surface area contributed by atoms with Crippen molar-refractivity contribution in [3.8, 4) is 5.75 Å². The smallest absolute Gasteiger partial charge is 0.444 e. The molecule has 8 heteroatoms. The highest BCUT2D eigenvalue weighted by molar-refractivity contribution is 5.69. The van der Waals surface area contributed by atoms with E-state index >= 15 is 0 Å². The maximum absolute atomic E-state index is 12.4. The van der Waals surface area contributed by atoms with E-state index in [0.717, 1.165) is 5.56 Å². The number of piperidine rings is 1. The van der Waals surface area contributed by atoms with Crippen molar-refractivity contribution in [3.63, 3.8) is 0 Å². The van der Waals surface area contributed by atoms with Crippen molar-refractivity contribution in [2.45, 2.75) is 51.0 Å². The summed E-state index contributed by atoms with van der Waals surface area (Å²) >= 11 is 0. The minimum atomic E-state index is -4.73. The van der Waals surface area contributed by atoms with Gasteiger partial charge in [-0.2, -0.15) is 0 Å². The van der Waals surface area contributed by atoms with Gasteiger partial charge in [0.1, 0.15) is 11.4 Å². The number of benzene rings is 1. The predicted molar refractivity (Wildman–Crippen MR) is 91.4 cm³/mol. The molecule has 0 bridgehead atoms. The molecule has 5 nitrogen and oxygen atoms in total. The first-order valence-electron chi connectivity index (χ1n) is 8.85. The summed E-state index contributed by atoms with van der Waals surface area (Å²) in [4.78, 5) is 14.0. The molecule has 0 radical (unpaired) electrons. The molecule has 2 fully saturated rings. The fourth-order valence-corrected chi connectivity index (χ4v) is 4.13. The Morgan fingerprint density at radius 1 is 1.22 bits per heavy atom.